The molecule has 1 atom stereocenters. The van der Waals surface area contributed by atoms with Crippen LogP contribution in [0.3, 0.4) is 0 Å². The van der Waals surface area contributed by atoms with Crippen LogP contribution in [0.1, 0.15) is 30.0 Å². The Morgan fingerprint density at radius 2 is 1.65 bits per heavy atom. The highest BCUT2D eigenvalue weighted by atomic mass is 35.5. The third-order valence-corrected chi connectivity index (χ3v) is 5.07. The highest BCUT2D eigenvalue weighted by Crippen LogP contribution is 2.26. The van der Waals surface area contributed by atoms with E-state index in [2.05, 4.69) is 28.4 Å². The summed E-state index contributed by atoms with van der Waals surface area (Å²) in [7, 11) is 0. The fraction of sp³-hybridized carbons (Fsp3) is 0.368. The van der Waals surface area contributed by atoms with Crippen molar-refractivity contribution in [2.75, 3.05) is 19.6 Å². The van der Waals surface area contributed by atoms with Crippen LogP contribution in [-0.4, -0.2) is 24.5 Å². The van der Waals surface area contributed by atoms with E-state index in [-0.39, 0.29) is 0 Å². The summed E-state index contributed by atoms with van der Waals surface area (Å²) in [6.07, 6.45) is 2.57. The minimum absolute atomic E-state index is 0.386. The quantitative estimate of drug-likeness (QED) is 0.796. The van der Waals surface area contributed by atoms with Gasteiger partial charge in [0, 0.05) is 29.2 Å². The van der Waals surface area contributed by atoms with Crippen LogP contribution in [0.15, 0.2) is 48.5 Å². The van der Waals surface area contributed by atoms with Crippen molar-refractivity contribution in [2.45, 2.75) is 25.4 Å². The van der Waals surface area contributed by atoms with Gasteiger partial charge in [0.05, 0.1) is 0 Å². The van der Waals surface area contributed by atoms with Gasteiger partial charge in [0.25, 0.3) is 0 Å². The lowest BCUT2D eigenvalue weighted by Gasteiger charge is -2.28. The van der Waals surface area contributed by atoms with Gasteiger partial charge < -0.3 is 5.32 Å². The molecule has 2 nitrogen and oxygen atoms in total. The molecule has 1 unspecified atom stereocenters. The van der Waals surface area contributed by atoms with Crippen LogP contribution >= 0.6 is 23.2 Å². The second-order valence-corrected chi connectivity index (χ2v) is 6.88. The molecule has 2 aromatic rings. The van der Waals surface area contributed by atoms with Crippen LogP contribution in [-0.2, 0) is 6.54 Å². The van der Waals surface area contributed by atoms with Gasteiger partial charge in [0.2, 0.25) is 0 Å². The molecule has 1 saturated heterocycles. The Balaban J connectivity index is 1.66. The van der Waals surface area contributed by atoms with Crippen molar-refractivity contribution < 1.29 is 0 Å². The first-order valence-corrected chi connectivity index (χ1v) is 8.93. The number of hydrogen-bond donors (Lipinski definition) is 1. The van der Waals surface area contributed by atoms with E-state index in [9.17, 15) is 0 Å². The molecule has 0 saturated carbocycles. The summed E-state index contributed by atoms with van der Waals surface area (Å²) in [4.78, 5) is 2.56. The maximum absolute atomic E-state index is 6.24. The highest BCUT2D eigenvalue weighted by Gasteiger charge is 2.23. The topological polar surface area (TPSA) is 15.3 Å². The molecular formula is C19H22Cl2N2. The Labute approximate surface area is 148 Å². The van der Waals surface area contributed by atoms with E-state index >= 15 is 0 Å². The van der Waals surface area contributed by atoms with Crippen LogP contribution in [0.5, 0.6) is 0 Å². The van der Waals surface area contributed by atoms with E-state index in [1.54, 1.807) is 0 Å². The van der Waals surface area contributed by atoms with Crippen molar-refractivity contribution in [2.24, 2.45) is 0 Å². The van der Waals surface area contributed by atoms with Crippen molar-refractivity contribution in [3.8, 4) is 0 Å². The van der Waals surface area contributed by atoms with Crippen molar-refractivity contribution in [3.05, 3.63) is 69.7 Å². The average Bonchev–Trinajstić information content (AvgIpc) is 3.08. The molecule has 1 aliphatic heterocycles. The molecule has 2 aromatic carbocycles. The number of nitrogens with zero attached hydrogens (tertiary/aromatic N) is 1. The van der Waals surface area contributed by atoms with E-state index in [0.29, 0.717) is 6.04 Å². The lowest BCUT2D eigenvalue weighted by molar-refractivity contribution is 0.238. The van der Waals surface area contributed by atoms with Crippen molar-refractivity contribution in [3.63, 3.8) is 0 Å². The smallest absolute Gasteiger partial charge is 0.0472 e. The Kier molecular flexibility index (Phi) is 5.96. The molecule has 0 spiro atoms. The number of nitrogens with one attached hydrogen (secondary N) is 1. The second kappa shape index (κ2) is 8.16. The predicted octanol–water partition coefficient (Wildman–Crippen LogP) is 4.92. The third-order valence-electron chi connectivity index (χ3n) is 4.45. The molecule has 1 heterocycles. The zero-order chi connectivity index (χ0) is 16.1. The van der Waals surface area contributed by atoms with E-state index in [1.807, 2.05) is 30.3 Å². The molecular weight excluding hydrogens is 327 g/mol. The Bertz CT molecular complexity index is 622. The summed E-state index contributed by atoms with van der Waals surface area (Å²) in [6.45, 7) is 4.03. The van der Waals surface area contributed by atoms with Gasteiger partial charge in [0.1, 0.15) is 0 Å². The van der Waals surface area contributed by atoms with Gasteiger partial charge in [-0.05, 0) is 55.3 Å². The van der Waals surface area contributed by atoms with Gasteiger partial charge >= 0.3 is 0 Å². The third kappa shape index (κ3) is 4.48. The van der Waals surface area contributed by atoms with Crippen LogP contribution in [0, 0.1) is 0 Å². The van der Waals surface area contributed by atoms with Gasteiger partial charge in [-0.2, -0.15) is 0 Å². The summed E-state index contributed by atoms with van der Waals surface area (Å²) in [5.41, 5.74) is 2.47. The number of likely N-dealkylation sites (tertiary alicyclic amines) is 1. The summed E-state index contributed by atoms with van der Waals surface area (Å²) in [5, 5.41) is 5.19. The van der Waals surface area contributed by atoms with Gasteiger partial charge in [-0.15, -0.1) is 0 Å². The first kappa shape index (κ1) is 16.8. The van der Waals surface area contributed by atoms with E-state index < -0.39 is 0 Å². The second-order valence-electron chi connectivity index (χ2n) is 6.03. The van der Waals surface area contributed by atoms with Crippen LogP contribution in [0.25, 0.3) is 0 Å². The van der Waals surface area contributed by atoms with Crippen LogP contribution < -0.4 is 5.32 Å². The lowest BCUT2D eigenvalue weighted by atomic mass is 10.1. The number of halogens is 2. The largest absolute Gasteiger partial charge is 0.311 e. The minimum atomic E-state index is 0.386. The molecule has 122 valence electrons. The zero-order valence-corrected chi connectivity index (χ0v) is 14.7. The fourth-order valence-corrected chi connectivity index (χ4v) is 3.51. The lowest BCUT2D eigenvalue weighted by Crippen LogP contribution is -2.34. The first-order chi connectivity index (χ1) is 11.2. The normalized spacial score (nSPS) is 16.6. The van der Waals surface area contributed by atoms with Gasteiger partial charge in [-0.1, -0.05) is 53.5 Å². The van der Waals surface area contributed by atoms with Gasteiger partial charge in [-0.3, -0.25) is 4.90 Å². The maximum Gasteiger partial charge on any atom is 0.0472 e. The molecule has 1 fully saturated rings. The molecule has 0 aromatic heterocycles. The Hall–Kier alpha value is -1.06. The van der Waals surface area contributed by atoms with Crippen molar-refractivity contribution in [1.29, 1.82) is 0 Å². The summed E-state index contributed by atoms with van der Waals surface area (Å²) in [6, 6.07) is 16.6. The van der Waals surface area contributed by atoms with E-state index in [4.69, 9.17) is 23.2 Å². The average molecular weight is 349 g/mol. The summed E-state index contributed by atoms with van der Waals surface area (Å²) < 4.78 is 0. The number of hydrogen-bond acceptors (Lipinski definition) is 2. The molecule has 0 amide bonds. The molecule has 1 aliphatic rings. The van der Waals surface area contributed by atoms with E-state index in [1.165, 1.54) is 31.5 Å². The molecule has 0 bridgehead atoms. The van der Waals surface area contributed by atoms with Crippen molar-refractivity contribution in [1.82, 2.24) is 10.2 Å². The first-order valence-electron chi connectivity index (χ1n) is 8.17. The fourth-order valence-electron chi connectivity index (χ4n) is 3.18. The molecule has 0 aliphatic carbocycles. The molecule has 3 rings (SSSR count). The van der Waals surface area contributed by atoms with Crippen LogP contribution in [0.4, 0.5) is 0 Å². The highest BCUT2D eigenvalue weighted by molar-refractivity contribution is 6.31. The summed E-state index contributed by atoms with van der Waals surface area (Å²) >= 11 is 12.3. The Morgan fingerprint density at radius 3 is 2.35 bits per heavy atom. The van der Waals surface area contributed by atoms with Crippen LogP contribution in [0.2, 0.25) is 10.0 Å². The zero-order valence-electron chi connectivity index (χ0n) is 13.1. The predicted molar refractivity (Wildman–Crippen MR) is 98.2 cm³/mol. The van der Waals surface area contributed by atoms with Gasteiger partial charge in [-0.25, -0.2) is 0 Å². The standard InChI is InChI=1S/C19H22Cl2N2/c20-17-9-7-15(8-10-17)19(23-11-3-4-12-23)14-22-13-16-5-1-2-6-18(16)21/h1-2,5-10,19,22H,3-4,11-14H2. The Morgan fingerprint density at radius 1 is 0.957 bits per heavy atom. The number of benzene rings is 2. The maximum atomic E-state index is 6.24. The number of rotatable bonds is 6. The summed E-state index contributed by atoms with van der Waals surface area (Å²) in [5.74, 6) is 0. The molecule has 0 radical (unpaired) electrons. The molecule has 4 heteroatoms. The SMILES string of the molecule is Clc1ccc(C(CNCc2ccccc2Cl)N2CCCC2)cc1. The van der Waals surface area contributed by atoms with Gasteiger partial charge in [0.15, 0.2) is 0 Å². The molecule has 23 heavy (non-hydrogen) atoms. The molecule has 1 N–H and O–H groups in total. The minimum Gasteiger partial charge on any atom is -0.311 e. The monoisotopic (exact) mass is 348 g/mol. The van der Waals surface area contributed by atoms with Crippen molar-refractivity contribution >= 4 is 23.2 Å². The van der Waals surface area contributed by atoms with E-state index in [0.717, 1.165) is 28.7 Å².